The van der Waals surface area contributed by atoms with Crippen LogP contribution in [0.15, 0.2) is 66.2 Å². The second-order valence-corrected chi connectivity index (χ2v) is 6.99. The molecule has 3 rings (SSSR count). The monoisotopic (exact) mass is 344 g/mol. The Morgan fingerprint density at radius 3 is 2.19 bits per heavy atom. The van der Waals surface area contributed by atoms with E-state index in [1.807, 2.05) is 79.4 Å². The van der Waals surface area contributed by atoms with Gasteiger partial charge in [0.25, 0.3) is 0 Å². The third-order valence-electron chi connectivity index (χ3n) is 5.71. The molecule has 0 saturated heterocycles. The summed E-state index contributed by atoms with van der Waals surface area (Å²) in [5.41, 5.74) is 3.20. The fourth-order valence-corrected chi connectivity index (χ4v) is 4.02. The maximum atomic E-state index is 13.7. The zero-order valence-electron chi connectivity index (χ0n) is 15.6. The lowest BCUT2D eigenvalue weighted by Gasteiger charge is -2.32. The lowest BCUT2D eigenvalue weighted by molar-refractivity contribution is -0.126. The molecule has 2 aromatic rings. The van der Waals surface area contributed by atoms with E-state index in [0.717, 1.165) is 28.9 Å². The molecule has 26 heavy (non-hydrogen) atoms. The Labute approximate surface area is 155 Å². The highest BCUT2D eigenvalue weighted by atomic mass is 16.2. The first kappa shape index (κ1) is 17.9. The Hall–Kier alpha value is -2.86. The van der Waals surface area contributed by atoms with E-state index < -0.39 is 5.41 Å². The van der Waals surface area contributed by atoms with Crippen LogP contribution in [0.2, 0.25) is 0 Å². The summed E-state index contributed by atoms with van der Waals surface area (Å²) in [6, 6.07) is 22.1. The second-order valence-electron chi connectivity index (χ2n) is 6.99. The molecule has 132 valence electrons. The molecule has 0 saturated carbocycles. The number of para-hydroxylation sites is 1. The number of rotatable bonds is 5. The molecule has 0 fully saturated rings. The summed E-state index contributed by atoms with van der Waals surface area (Å²) >= 11 is 0. The van der Waals surface area contributed by atoms with E-state index in [1.165, 1.54) is 0 Å². The third kappa shape index (κ3) is 2.72. The van der Waals surface area contributed by atoms with Gasteiger partial charge < -0.3 is 0 Å². The number of hydrogen-bond donors (Lipinski definition) is 0. The summed E-state index contributed by atoms with van der Waals surface area (Å²) in [6.45, 7) is 6.10. The van der Waals surface area contributed by atoms with Gasteiger partial charge in [-0.05, 0) is 43.0 Å². The fourth-order valence-electron chi connectivity index (χ4n) is 4.02. The normalized spacial score (nSPS) is 21.0. The van der Waals surface area contributed by atoms with Crippen molar-refractivity contribution in [2.24, 2.45) is 11.3 Å². The van der Waals surface area contributed by atoms with Crippen LogP contribution in [0.4, 0.5) is 5.69 Å². The molecule has 2 aromatic carbocycles. The summed E-state index contributed by atoms with van der Waals surface area (Å²) in [4.78, 5) is 15.5. The van der Waals surface area contributed by atoms with Gasteiger partial charge in [-0.3, -0.25) is 9.69 Å². The maximum Gasteiger partial charge on any atom is 0.241 e. The lowest BCUT2D eigenvalue weighted by atomic mass is 9.69. The van der Waals surface area contributed by atoms with Gasteiger partial charge in [-0.25, -0.2) is 0 Å². The smallest absolute Gasteiger partial charge is 0.241 e. The number of hydrogen-bond acceptors (Lipinski definition) is 2. The van der Waals surface area contributed by atoms with Crippen LogP contribution >= 0.6 is 0 Å². The van der Waals surface area contributed by atoms with E-state index in [-0.39, 0.29) is 11.8 Å². The van der Waals surface area contributed by atoms with Gasteiger partial charge in [-0.2, -0.15) is 5.26 Å². The van der Waals surface area contributed by atoms with Gasteiger partial charge in [0.05, 0.1) is 17.2 Å². The van der Waals surface area contributed by atoms with Crippen molar-refractivity contribution in [2.45, 2.75) is 33.6 Å². The van der Waals surface area contributed by atoms with E-state index in [1.54, 1.807) is 0 Å². The van der Waals surface area contributed by atoms with E-state index >= 15 is 0 Å². The van der Waals surface area contributed by atoms with Crippen LogP contribution in [0, 0.1) is 22.7 Å². The van der Waals surface area contributed by atoms with Gasteiger partial charge >= 0.3 is 0 Å². The van der Waals surface area contributed by atoms with Crippen LogP contribution in [0.25, 0.3) is 5.70 Å². The minimum atomic E-state index is -0.675. The minimum absolute atomic E-state index is 0.00701. The Bertz CT molecular complexity index is 864. The van der Waals surface area contributed by atoms with Crippen molar-refractivity contribution in [3.63, 3.8) is 0 Å². The number of nitrogens with zero attached hydrogens (tertiary/aromatic N) is 2. The van der Waals surface area contributed by atoms with E-state index in [9.17, 15) is 10.1 Å². The SMILES string of the molecule is CCC(CC#N)C1(C)C(=O)N(c2ccccc2)C(c2ccccc2)=C1C. The largest absolute Gasteiger partial charge is 0.280 e. The fraction of sp³-hybridized carbons (Fsp3) is 0.304. The molecule has 0 spiro atoms. The van der Waals surface area contributed by atoms with Gasteiger partial charge in [0.15, 0.2) is 0 Å². The quantitative estimate of drug-likeness (QED) is 0.728. The number of amides is 1. The Balaban J connectivity index is 2.23. The number of carbonyl (C=O) groups excluding carboxylic acids is 1. The van der Waals surface area contributed by atoms with Crippen LogP contribution in [0.1, 0.15) is 39.2 Å². The lowest BCUT2D eigenvalue weighted by Crippen LogP contribution is -2.40. The van der Waals surface area contributed by atoms with E-state index in [2.05, 4.69) is 13.0 Å². The molecule has 0 N–H and O–H groups in total. The van der Waals surface area contributed by atoms with Crippen LogP contribution in [-0.2, 0) is 4.79 Å². The molecule has 1 aliphatic heterocycles. The molecule has 2 atom stereocenters. The van der Waals surface area contributed by atoms with Gasteiger partial charge in [-0.1, -0.05) is 61.9 Å². The van der Waals surface area contributed by atoms with Crippen molar-refractivity contribution in [2.75, 3.05) is 4.90 Å². The first-order valence-corrected chi connectivity index (χ1v) is 9.09. The summed E-state index contributed by atoms with van der Waals surface area (Å²) in [6.07, 6.45) is 1.17. The molecule has 3 nitrogen and oxygen atoms in total. The first-order valence-electron chi connectivity index (χ1n) is 9.09. The Kier molecular flexibility index (Phi) is 4.95. The molecular formula is C23H24N2O. The topological polar surface area (TPSA) is 44.1 Å². The zero-order valence-corrected chi connectivity index (χ0v) is 15.6. The van der Waals surface area contributed by atoms with Crippen LogP contribution in [0.3, 0.4) is 0 Å². The van der Waals surface area contributed by atoms with Crippen molar-refractivity contribution in [3.8, 4) is 6.07 Å². The molecule has 0 aliphatic carbocycles. The average Bonchev–Trinajstić information content (AvgIpc) is 2.89. The van der Waals surface area contributed by atoms with E-state index in [0.29, 0.717) is 6.42 Å². The summed E-state index contributed by atoms with van der Waals surface area (Å²) in [5.74, 6) is 0.0505. The molecule has 0 bridgehead atoms. The molecule has 1 amide bonds. The number of carbonyl (C=O) groups is 1. The van der Waals surface area contributed by atoms with Crippen molar-refractivity contribution < 1.29 is 4.79 Å². The van der Waals surface area contributed by atoms with Crippen molar-refractivity contribution in [1.82, 2.24) is 0 Å². The molecule has 3 heteroatoms. The number of anilines is 1. The van der Waals surface area contributed by atoms with Crippen LogP contribution in [0.5, 0.6) is 0 Å². The maximum absolute atomic E-state index is 13.7. The molecule has 0 aromatic heterocycles. The van der Waals surface area contributed by atoms with E-state index in [4.69, 9.17) is 0 Å². The molecular weight excluding hydrogens is 320 g/mol. The molecule has 0 radical (unpaired) electrons. The van der Waals surface area contributed by atoms with Crippen LogP contribution in [-0.4, -0.2) is 5.91 Å². The highest BCUT2D eigenvalue weighted by molar-refractivity contribution is 6.15. The van der Waals surface area contributed by atoms with Crippen LogP contribution < -0.4 is 4.90 Å². The number of benzene rings is 2. The standard InChI is InChI=1S/C23H24N2O/c1-4-19(15-16-24)23(3)17(2)21(18-11-7-5-8-12-18)25(22(23)26)20-13-9-6-10-14-20/h5-14,19H,4,15H2,1-3H3. The second kappa shape index (κ2) is 7.17. The molecule has 2 unspecified atom stereocenters. The Morgan fingerprint density at radius 2 is 1.65 bits per heavy atom. The van der Waals surface area contributed by atoms with Crippen molar-refractivity contribution in [3.05, 3.63) is 71.8 Å². The van der Waals surface area contributed by atoms with Crippen molar-refractivity contribution >= 4 is 17.3 Å². The van der Waals surface area contributed by atoms with Gasteiger partial charge in [0.2, 0.25) is 5.91 Å². The van der Waals surface area contributed by atoms with Gasteiger partial charge in [0.1, 0.15) is 0 Å². The summed E-state index contributed by atoms with van der Waals surface area (Å²) < 4.78 is 0. The zero-order chi connectivity index (χ0) is 18.7. The Morgan fingerprint density at radius 1 is 1.08 bits per heavy atom. The summed E-state index contributed by atoms with van der Waals surface area (Å²) in [7, 11) is 0. The molecule has 1 heterocycles. The van der Waals surface area contributed by atoms with Gasteiger partial charge in [-0.15, -0.1) is 0 Å². The average molecular weight is 344 g/mol. The predicted molar refractivity (Wildman–Crippen MR) is 105 cm³/mol. The first-order chi connectivity index (χ1) is 12.6. The highest BCUT2D eigenvalue weighted by Crippen LogP contribution is 2.51. The number of nitriles is 1. The summed E-state index contributed by atoms with van der Waals surface area (Å²) in [5, 5.41) is 9.29. The predicted octanol–water partition coefficient (Wildman–Crippen LogP) is 5.41. The third-order valence-corrected chi connectivity index (χ3v) is 5.71. The minimum Gasteiger partial charge on any atom is -0.280 e. The van der Waals surface area contributed by atoms with Gasteiger partial charge in [0, 0.05) is 12.1 Å². The molecule has 1 aliphatic rings. The highest BCUT2D eigenvalue weighted by Gasteiger charge is 2.51. The van der Waals surface area contributed by atoms with Crippen molar-refractivity contribution in [1.29, 1.82) is 5.26 Å².